The standard InChI is InChI=1S/C18H17NO3S2/c1-19(15-5-3-6-16(13-15)22-2)24(20,21)17-10-8-14(9-11-17)18-7-4-12-23-18/h3-13H,1-2H3. The van der Waals surface area contributed by atoms with E-state index in [0.717, 1.165) is 10.4 Å². The molecule has 0 aliphatic heterocycles. The van der Waals surface area contributed by atoms with Crippen molar-refractivity contribution >= 4 is 27.0 Å². The third kappa shape index (κ3) is 3.16. The summed E-state index contributed by atoms with van der Waals surface area (Å²) in [6.45, 7) is 0. The predicted molar refractivity (Wildman–Crippen MR) is 98.3 cm³/mol. The summed E-state index contributed by atoms with van der Waals surface area (Å²) in [6.07, 6.45) is 0. The van der Waals surface area contributed by atoms with Gasteiger partial charge in [-0.05, 0) is 41.3 Å². The lowest BCUT2D eigenvalue weighted by atomic mass is 10.2. The number of nitrogens with zero attached hydrogens (tertiary/aromatic N) is 1. The highest BCUT2D eigenvalue weighted by molar-refractivity contribution is 7.92. The van der Waals surface area contributed by atoms with Gasteiger partial charge in [-0.25, -0.2) is 8.42 Å². The van der Waals surface area contributed by atoms with Crippen LogP contribution < -0.4 is 9.04 Å². The zero-order valence-electron chi connectivity index (χ0n) is 13.3. The molecule has 124 valence electrons. The first-order valence-corrected chi connectivity index (χ1v) is 9.61. The maximum Gasteiger partial charge on any atom is 0.264 e. The van der Waals surface area contributed by atoms with Crippen molar-refractivity contribution in [2.24, 2.45) is 0 Å². The van der Waals surface area contributed by atoms with Crippen LogP contribution >= 0.6 is 11.3 Å². The largest absolute Gasteiger partial charge is 0.497 e. The minimum absolute atomic E-state index is 0.258. The summed E-state index contributed by atoms with van der Waals surface area (Å²) in [4.78, 5) is 1.37. The van der Waals surface area contributed by atoms with Gasteiger partial charge < -0.3 is 4.74 Å². The summed E-state index contributed by atoms with van der Waals surface area (Å²) in [6, 6.07) is 17.9. The highest BCUT2D eigenvalue weighted by Crippen LogP contribution is 2.28. The second-order valence-electron chi connectivity index (χ2n) is 5.18. The molecule has 1 heterocycles. The van der Waals surface area contributed by atoms with E-state index in [4.69, 9.17) is 4.74 Å². The quantitative estimate of drug-likeness (QED) is 0.684. The molecule has 0 atom stereocenters. The highest BCUT2D eigenvalue weighted by Gasteiger charge is 2.21. The predicted octanol–water partition coefficient (Wildman–Crippen LogP) is 4.25. The lowest BCUT2D eigenvalue weighted by molar-refractivity contribution is 0.415. The van der Waals surface area contributed by atoms with Gasteiger partial charge in [0.2, 0.25) is 0 Å². The zero-order valence-corrected chi connectivity index (χ0v) is 15.0. The molecule has 0 spiro atoms. The number of hydrogen-bond donors (Lipinski definition) is 0. The first kappa shape index (κ1) is 16.5. The van der Waals surface area contributed by atoms with Crippen LogP contribution in [0.5, 0.6) is 5.75 Å². The van der Waals surface area contributed by atoms with Crippen LogP contribution in [0.3, 0.4) is 0 Å². The molecule has 1 aromatic heterocycles. The number of ether oxygens (including phenoxy) is 1. The Hall–Kier alpha value is -2.31. The molecule has 24 heavy (non-hydrogen) atoms. The van der Waals surface area contributed by atoms with Crippen molar-refractivity contribution in [3.8, 4) is 16.2 Å². The highest BCUT2D eigenvalue weighted by atomic mass is 32.2. The zero-order chi connectivity index (χ0) is 17.2. The lowest BCUT2D eigenvalue weighted by Gasteiger charge is -2.20. The molecular weight excluding hydrogens is 342 g/mol. The maximum atomic E-state index is 12.8. The van der Waals surface area contributed by atoms with Crippen molar-refractivity contribution in [3.05, 3.63) is 66.0 Å². The average molecular weight is 359 g/mol. The second-order valence-corrected chi connectivity index (χ2v) is 8.09. The van der Waals surface area contributed by atoms with Gasteiger partial charge >= 0.3 is 0 Å². The normalized spacial score (nSPS) is 11.2. The van der Waals surface area contributed by atoms with E-state index in [0.29, 0.717) is 11.4 Å². The van der Waals surface area contributed by atoms with E-state index in [1.165, 1.54) is 11.4 Å². The summed E-state index contributed by atoms with van der Waals surface area (Å²) in [5, 5.41) is 2.00. The Labute approximate surface area is 146 Å². The Morgan fingerprint density at radius 2 is 1.75 bits per heavy atom. The van der Waals surface area contributed by atoms with Gasteiger partial charge in [0, 0.05) is 18.0 Å². The molecule has 3 aromatic rings. The molecule has 0 aliphatic rings. The van der Waals surface area contributed by atoms with E-state index in [1.807, 2.05) is 29.6 Å². The van der Waals surface area contributed by atoms with Crippen LogP contribution in [-0.4, -0.2) is 22.6 Å². The van der Waals surface area contributed by atoms with E-state index in [2.05, 4.69) is 0 Å². The van der Waals surface area contributed by atoms with Crippen molar-refractivity contribution in [2.75, 3.05) is 18.5 Å². The van der Waals surface area contributed by atoms with Crippen LogP contribution in [-0.2, 0) is 10.0 Å². The van der Waals surface area contributed by atoms with Crippen LogP contribution in [0.25, 0.3) is 10.4 Å². The van der Waals surface area contributed by atoms with Gasteiger partial charge in [-0.1, -0.05) is 24.3 Å². The summed E-state index contributed by atoms with van der Waals surface area (Å²) in [5.41, 5.74) is 1.56. The van der Waals surface area contributed by atoms with E-state index < -0.39 is 10.0 Å². The Morgan fingerprint density at radius 1 is 1.00 bits per heavy atom. The SMILES string of the molecule is COc1cccc(N(C)S(=O)(=O)c2ccc(-c3cccs3)cc2)c1. The number of thiophene rings is 1. The van der Waals surface area contributed by atoms with Crippen LogP contribution in [0.4, 0.5) is 5.69 Å². The molecule has 0 amide bonds. The lowest BCUT2D eigenvalue weighted by Crippen LogP contribution is -2.26. The molecule has 0 bridgehead atoms. The third-order valence-corrected chi connectivity index (χ3v) is 6.45. The number of methoxy groups -OCH3 is 1. The van der Waals surface area contributed by atoms with Gasteiger partial charge in [-0.3, -0.25) is 4.31 Å². The molecule has 2 aromatic carbocycles. The molecule has 0 fully saturated rings. The Bertz CT molecular complexity index is 917. The van der Waals surface area contributed by atoms with Gasteiger partial charge in [0.15, 0.2) is 0 Å². The van der Waals surface area contributed by atoms with Crippen LogP contribution in [0.15, 0.2) is 70.9 Å². The van der Waals surface area contributed by atoms with E-state index >= 15 is 0 Å². The molecular formula is C18H17NO3S2. The molecule has 0 N–H and O–H groups in total. The fourth-order valence-corrected chi connectivity index (χ4v) is 4.26. The van der Waals surface area contributed by atoms with Gasteiger partial charge in [0.1, 0.15) is 5.75 Å². The Morgan fingerprint density at radius 3 is 2.38 bits per heavy atom. The first-order valence-electron chi connectivity index (χ1n) is 7.29. The van der Waals surface area contributed by atoms with E-state index in [1.54, 1.807) is 54.8 Å². The van der Waals surface area contributed by atoms with Crippen LogP contribution in [0.2, 0.25) is 0 Å². The van der Waals surface area contributed by atoms with Crippen LogP contribution in [0.1, 0.15) is 0 Å². The minimum atomic E-state index is -3.62. The van der Waals surface area contributed by atoms with Gasteiger partial charge in [0.05, 0.1) is 17.7 Å². The first-order chi connectivity index (χ1) is 11.5. The third-order valence-electron chi connectivity index (χ3n) is 3.74. The summed E-state index contributed by atoms with van der Waals surface area (Å²) >= 11 is 1.62. The second kappa shape index (κ2) is 6.67. The smallest absolute Gasteiger partial charge is 0.264 e. The molecule has 0 radical (unpaired) electrons. The Balaban J connectivity index is 1.92. The number of benzene rings is 2. The minimum Gasteiger partial charge on any atom is -0.497 e. The van der Waals surface area contributed by atoms with Gasteiger partial charge in [-0.2, -0.15) is 0 Å². The summed E-state index contributed by atoms with van der Waals surface area (Å²) in [7, 11) is -0.530. The monoisotopic (exact) mass is 359 g/mol. The van der Waals surface area contributed by atoms with Crippen molar-refractivity contribution in [1.82, 2.24) is 0 Å². The van der Waals surface area contributed by atoms with Crippen molar-refractivity contribution < 1.29 is 13.2 Å². The number of anilines is 1. The Kier molecular flexibility index (Phi) is 4.59. The number of rotatable bonds is 5. The molecule has 0 saturated carbocycles. The molecule has 3 rings (SSSR count). The fraction of sp³-hybridized carbons (Fsp3) is 0.111. The molecule has 0 saturated heterocycles. The number of sulfonamides is 1. The van der Waals surface area contributed by atoms with Crippen molar-refractivity contribution in [1.29, 1.82) is 0 Å². The van der Waals surface area contributed by atoms with E-state index in [9.17, 15) is 8.42 Å². The summed E-state index contributed by atoms with van der Waals surface area (Å²) < 4.78 is 32.1. The molecule has 0 unspecified atom stereocenters. The average Bonchev–Trinajstić information content (AvgIpc) is 3.16. The van der Waals surface area contributed by atoms with Crippen molar-refractivity contribution in [3.63, 3.8) is 0 Å². The van der Waals surface area contributed by atoms with Gasteiger partial charge in [0.25, 0.3) is 10.0 Å². The maximum absolute atomic E-state index is 12.8. The fourth-order valence-electron chi connectivity index (χ4n) is 2.34. The molecule has 4 nitrogen and oxygen atoms in total. The molecule has 0 aliphatic carbocycles. The number of hydrogen-bond acceptors (Lipinski definition) is 4. The van der Waals surface area contributed by atoms with Crippen LogP contribution in [0, 0.1) is 0 Å². The topological polar surface area (TPSA) is 46.6 Å². The summed E-state index contributed by atoms with van der Waals surface area (Å²) in [5.74, 6) is 0.614. The van der Waals surface area contributed by atoms with Gasteiger partial charge in [-0.15, -0.1) is 11.3 Å². The van der Waals surface area contributed by atoms with E-state index in [-0.39, 0.29) is 4.90 Å². The molecule has 6 heteroatoms. The van der Waals surface area contributed by atoms with Crippen molar-refractivity contribution in [2.45, 2.75) is 4.90 Å².